The molecule has 4 rings (SSSR count). The molecule has 1 fully saturated rings. The molecular weight excluding hydrogens is 346 g/mol. The minimum Gasteiger partial charge on any atom is -0.496 e. The smallest absolute Gasteiger partial charge is 0.255 e. The van der Waals surface area contributed by atoms with Gasteiger partial charge in [-0.15, -0.1) is 0 Å². The first-order chi connectivity index (χ1) is 13.1. The van der Waals surface area contributed by atoms with Gasteiger partial charge in [-0.25, -0.2) is 4.98 Å². The lowest BCUT2D eigenvalue weighted by Crippen LogP contribution is -2.36. The fraction of sp³-hybridized carbons (Fsp3) is 0.500. The molecule has 2 heterocycles. The predicted octanol–water partition coefficient (Wildman–Crippen LogP) is 2.23. The molecule has 0 amide bonds. The highest BCUT2D eigenvalue weighted by molar-refractivity contribution is 5.50. The maximum absolute atomic E-state index is 12.6. The molecule has 27 heavy (non-hydrogen) atoms. The van der Waals surface area contributed by atoms with Crippen molar-refractivity contribution in [2.75, 3.05) is 27.9 Å². The Morgan fingerprint density at radius 1 is 1.15 bits per heavy atom. The van der Waals surface area contributed by atoms with Gasteiger partial charge in [-0.05, 0) is 12.8 Å². The van der Waals surface area contributed by atoms with Gasteiger partial charge in [-0.1, -0.05) is 0 Å². The summed E-state index contributed by atoms with van der Waals surface area (Å²) in [6.07, 6.45) is 3.04. The largest absolute Gasteiger partial charge is 0.496 e. The van der Waals surface area contributed by atoms with Crippen LogP contribution in [0.4, 0.5) is 0 Å². The molecule has 0 spiro atoms. The molecule has 7 heteroatoms. The summed E-state index contributed by atoms with van der Waals surface area (Å²) in [6, 6.07) is 3.71. The van der Waals surface area contributed by atoms with E-state index in [0.29, 0.717) is 36.3 Å². The van der Waals surface area contributed by atoms with Crippen LogP contribution in [0.25, 0.3) is 0 Å². The molecule has 7 nitrogen and oxygen atoms in total. The van der Waals surface area contributed by atoms with E-state index in [0.717, 1.165) is 48.5 Å². The van der Waals surface area contributed by atoms with Gasteiger partial charge in [0.05, 0.1) is 38.2 Å². The lowest BCUT2D eigenvalue weighted by Gasteiger charge is -2.29. The molecule has 1 aliphatic heterocycles. The normalized spacial score (nSPS) is 16.7. The third kappa shape index (κ3) is 3.51. The Hall–Kier alpha value is -2.54. The fourth-order valence-corrected chi connectivity index (χ4v) is 3.64. The first kappa shape index (κ1) is 17.9. The highest BCUT2D eigenvalue weighted by atomic mass is 16.5. The van der Waals surface area contributed by atoms with Crippen LogP contribution in [0.5, 0.6) is 17.2 Å². The zero-order valence-electron chi connectivity index (χ0n) is 16.0. The van der Waals surface area contributed by atoms with Crippen molar-refractivity contribution in [3.8, 4) is 17.2 Å². The molecule has 0 unspecified atom stereocenters. The maximum atomic E-state index is 12.6. The maximum Gasteiger partial charge on any atom is 0.255 e. The number of methoxy groups -OCH3 is 3. The SMILES string of the molecule is COc1cc(OC)c(CN2CCc3nc(C4CC4)[nH]c(=O)c3C2)c(OC)c1. The summed E-state index contributed by atoms with van der Waals surface area (Å²) in [6.45, 7) is 2.03. The summed E-state index contributed by atoms with van der Waals surface area (Å²) in [4.78, 5) is 22.5. The van der Waals surface area contributed by atoms with Crippen LogP contribution in [-0.4, -0.2) is 42.7 Å². The quantitative estimate of drug-likeness (QED) is 0.839. The highest BCUT2D eigenvalue weighted by Crippen LogP contribution is 2.38. The number of hydrogen-bond donors (Lipinski definition) is 1. The summed E-state index contributed by atoms with van der Waals surface area (Å²) in [5.41, 5.74) is 2.67. The van der Waals surface area contributed by atoms with Gasteiger partial charge in [0, 0.05) is 44.1 Å². The summed E-state index contributed by atoms with van der Waals surface area (Å²) in [7, 11) is 4.89. The number of aromatic amines is 1. The van der Waals surface area contributed by atoms with Crippen LogP contribution >= 0.6 is 0 Å². The minimum atomic E-state index is 0.000242. The van der Waals surface area contributed by atoms with Gasteiger partial charge in [-0.3, -0.25) is 9.69 Å². The third-order valence-corrected chi connectivity index (χ3v) is 5.33. The molecule has 1 aromatic heterocycles. The Bertz CT molecular complexity index is 880. The number of nitrogens with zero attached hydrogens (tertiary/aromatic N) is 2. The number of H-pyrrole nitrogens is 1. The van der Waals surface area contributed by atoms with Gasteiger partial charge in [0.25, 0.3) is 5.56 Å². The molecule has 144 valence electrons. The number of fused-ring (bicyclic) bond motifs is 1. The van der Waals surface area contributed by atoms with E-state index in [-0.39, 0.29) is 5.56 Å². The molecule has 0 radical (unpaired) electrons. The van der Waals surface area contributed by atoms with E-state index in [9.17, 15) is 4.79 Å². The summed E-state index contributed by atoms with van der Waals surface area (Å²) < 4.78 is 16.4. The first-order valence-corrected chi connectivity index (χ1v) is 9.26. The minimum absolute atomic E-state index is 0.000242. The van der Waals surface area contributed by atoms with Gasteiger partial charge in [0.15, 0.2) is 0 Å². The van der Waals surface area contributed by atoms with Gasteiger partial charge >= 0.3 is 0 Å². The van der Waals surface area contributed by atoms with Crippen LogP contribution in [0.2, 0.25) is 0 Å². The van der Waals surface area contributed by atoms with E-state index in [1.165, 1.54) is 0 Å². The van der Waals surface area contributed by atoms with Crippen LogP contribution in [-0.2, 0) is 19.5 Å². The lowest BCUT2D eigenvalue weighted by molar-refractivity contribution is 0.233. The van der Waals surface area contributed by atoms with Crippen molar-refractivity contribution in [2.45, 2.75) is 38.3 Å². The summed E-state index contributed by atoms with van der Waals surface area (Å²) >= 11 is 0. The van der Waals surface area contributed by atoms with Crippen molar-refractivity contribution >= 4 is 0 Å². The van der Waals surface area contributed by atoms with Gasteiger partial charge < -0.3 is 19.2 Å². The van der Waals surface area contributed by atoms with Gasteiger partial charge in [0.1, 0.15) is 23.1 Å². The number of hydrogen-bond acceptors (Lipinski definition) is 6. The number of ether oxygens (including phenoxy) is 3. The van der Waals surface area contributed by atoms with E-state index in [2.05, 4.69) is 9.88 Å². The number of rotatable bonds is 6. The Morgan fingerprint density at radius 3 is 2.44 bits per heavy atom. The fourth-order valence-electron chi connectivity index (χ4n) is 3.64. The van der Waals surface area contributed by atoms with Crippen molar-refractivity contribution in [3.63, 3.8) is 0 Å². The van der Waals surface area contributed by atoms with Crippen LogP contribution in [0.1, 0.15) is 41.4 Å². The molecule has 1 saturated carbocycles. The predicted molar refractivity (Wildman–Crippen MR) is 101 cm³/mol. The number of aromatic nitrogens is 2. The molecule has 2 aromatic rings. The Morgan fingerprint density at radius 2 is 1.85 bits per heavy atom. The standard InChI is InChI=1S/C20H25N3O4/c1-25-13-8-17(26-2)15(18(9-13)27-3)11-23-7-6-16-14(10-23)20(24)22-19(21-16)12-4-5-12/h8-9,12H,4-7,10-11H2,1-3H3,(H,21,22,24). The summed E-state index contributed by atoms with van der Waals surface area (Å²) in [5.74, 6) is 3.44. The molecule has 1 N–H and O–H groups in total. The molecule has 1 aliphatic carbocycles. The zero-order chi connectivity index (χ0) is 19.0. The topological polar surface area (TPSA) is 76.7 Å². The monoisotopic (exact) mass is 371 g/mol. The van der Waals surface area contributed by atoms with E-state index < -0.39 is 0 Å². The molecule has 0 saturated heterocycles. The van der Waals surface area contributed by atoms with Crippen LogP contribution < -0.4 is 19.8 Å². The molecule has 0 bridgehead atoms. The average molecular weight is 371 g/mol. The van der Waals surface area contributed by atoms with Crippen molar-refractivity contribution in [3.05, 3.63) is 45.1 Å². The Kier molecular flexibility index (Phi) is 4.78. The molecule has 0 atom stereocenters. The van der Waals surface area contributed by atoms with Gasteiger partial charge in [-0.2, -0.15) is 0 Å². The Balaban J connectivity index is 1.59. The van der Waals surface area contributed by atoms with E-state index >= 15 is 0 Å². The second-order valence-corrected chi connectivity index (χ2v) is 7.12. The second-order valence-electron chi connectivity index (χ2n) is 7.12. The van der Waals surface area contributed by atoms with Crippen LogP contribution in [0.15, 0.2) is 16.9 Å². The lowest BCUT2D eigenvalue weighted by atomic mass is 10.0. The third-order valence-electron chi connectivity index (χ3n) is 5.33. The van der Waals surface area contributed by atoms with Crippen molar-refractivity contribution in [2.24, 2.45) is 0 Å². The average Bonchev–Trinajstić information content (AvgIpc) is 3.53. The summed E-state index contributed by atoms with van der Waals surface area (Å²) in [5, 5.41) is 0. The van der Waals surface area contributed by atoms with Crippen LogP contribution in [0.3, 0.4) is 0 Å². The first-order valence-electron chi connectivity index (χ1n) is 9.26. The van der Waals surface area contributed by atoms with E-state index in [1.54, 1.807) is 21.3 Å². The van der Waals surface area contributed by atoms with Crippen molar-refractivity contribution in [1.29, 1.82) is 0 Å². The molecule has 1 aromatic carbocycles. The second kappa shape index (κ2) is 7.23. The number of nitrogens with one attached hydrogen (secondary N) is 1. The molecular formula is C20H25N3O4. The van der Waals surface area contributed by atoms with Crippen molar-refractivity contribution in [1.82, 2.24) is 14.9 Å². The van der Waals surface area contributed by atoms with E-state index in [4.69, 9.17) is 19.2 Å². The van der Waals surface area contributed by atoms with Crippen molar-refractivity contribution < 1.29 is 14.2 Å². The Labute approximate surface area is 158 Å². The highest BCUT2D eigenvalue weighted by Gasteiger charge is 2.29. The zero-order valence-corrected chi connectivity index (χ0v) is 16.0. The molecule has 2 aliphatic rings. The van der Waals surface area contributed by atoms with E-state index in [1.807, 2.05) is 12.1 Å². The number of benzene rings is 1. The van der Waals surface area contributed by atoms with Crippen LogP contribution in [0, 0.1) is 0 Å². The van der Waals surface area contributed by atoms with Gasteiger partial charge in [0.2, 0.25) is 0 Å².